The summed E-state index contributed by atoms with van der Waals surface area (Å²) in [5, 5.41) is 12.0. The summed E-state index contributed by atoms with van der Waals surface area (Å²) in [4.78, 5) is 5.26. The van der Waals surface area contributed by atoms with E-state index in [1.807, 2.05) is 29.2 Å². The minimum atomic E-state index is -1.19. The third-order valence-corrected chi connectivity index (χ3v) is 6.02. The lowest BCUT2D eigenvalue weighted by atomic mass is 10.2. The van der Waals surface area contributed by atoms with Crippen LogP contribution in [0.25, 0.3) is 10.6 Å². The molecule has 0 aliphatic carbocycles. The molecule has 0 radical (unpaired) electrons. The highest BCUT2D eigenvalue weighted by atomic mass is 32.1. The Morgan fingerprint density at radius 1 is 1.11 bits per heavy atom. The average Bonchev–Trinajstić information content (AvgIpc) is 3.41. The predicted octanol–water partition coefficient (Wildman–Crippen LogP) is 5.45. The Morgan fingerprint density at radius 2 is 1.93 bits per heavy atom. The quantitative estimate of drug-likeness (QED) is 0.422. The Hall–Kier alpha value is -2.65. The zero-order valence-electron chi connectivity index (χ0n) is 14.7. The number of rotatable bonds is 6. The highest BCUT2D eigenvalue weighted by molar-refractivity contribution is 7.19. The Morgan fingerprint density at radius 3 is 2.71 bits per heavy atom. The molecule has 0 atom stereocenters. The largest absolute Gasteiger partial charge is 0.357 e. The molecule has 0 spiro atoms. The number of aromatic nitrogens is 3. The topological polar surface area (TPSA) is 42.7 Å². The second kappa shape index (κ2) is 7.76. The van der Waals surface area contributed by atoms with Crippen LogP contribution in [-0.4, -0.2) is 14.8 Å². The summed E-state index contributed by atoms with van der Waals surface area (Å²) in [6.45, 7) is 2.33. The number of aryl methyl sites for hydroxylation is 1. The highest BCUT2D eigenvalue weighted by Gasteiger charge is 2.16. The van der Waals surface area contributed by atoms with Crippen LogP contribution in [0, 0.1) is 24.4 Å². The summed E-state index contributed by atoms with van der Waals surface area (Å²) < 4.78 is 42.7. The molecule has 1 aromatic carbocycles. The van der Waals surface area contributed by atoms with E-state index in [2.05, 4.69) is 26.8 Å². The fraction of sp³-hybridized carbons (Fsp3) is 0.158. The van der Waals surface area contributed by atoms with Gasteiger partial charge < -0.3 is 5.32 Å². The van der Waals surface area contributed by atoms with Gasteiger partial charge in [-0.2, -0.15) is 16.4 Å². The summed E-state index contributed by atoms with van der Waals surface area (Å²) in [6.07, 6.45) is 1.90. The van der Waals surface area contributed by atoms with Gasteiger partial charge in [0.2, 0.25) is 0 Å². The van der Waals surface area contributed by atoms with Crippen molar-refractivity contribution in [3.8, 4) is 10.6 Å². The molecule has 9 heteroatoms. The number of halogens is 3. The summed E-state index contributed by atoms with van der Waals surface area (Å²) in [7, 11) is 0. The lowest BCUT2D eigenvalue weighted by Crippen LogP contribution is -2.06. The molecule has 0 bridgehead atoms. The number of nitrogens with one attached hydrogen (secondary N) is 1. The van der Waals surface area contributed by atoms with Crippen molar-refractivity contribution in [3.63, 3.8) is 0 Å². The number of hydrogen-bond acceptors (Lipinski definition) is 5. The minimum Gasteiger partial charge on any atom is -0.357 e. The van der Waals surface area contributed by atoms with Crippen molar-refractivity contribution in [1.82, 2.24) is 14.8 Å². The van der Waals surface area contributed by atoms with Gasteiger partial charge in [0, 0.05) is 18.3 Å². The molecule has 0 saturated heterocycles. The van der Waals surface area contributed by atoms with Crippen molar-refractivity contribution >= 4 is 27.8 Å². The molecule has 3 aromatic heterocycles. The molecule has 0 saturated carbocycles. The third kappa shape index (κ3) is 3.81. The van der Waals surface area contributed by atoms with Crippen LogP contribution in [0.4, 0.5) is 18.3 Å². The molecule has 144 valence electrons. The fourth-order valence-corrected chi connectivity index (χ4v) is 4.33. The molecule has 3 heterocycles. The van der Waals surface area contributed by atoms with E-state index in [0.717, 1.165) is 28.4 Å². The van der Waals surface area contributed by atoms with Crippen LogP contribution in [-0.2, 0) is 13.1 Å². The predicted molar refractivity (Wildman–Crippen MR) is 105 cm³/mol. The van der Waals surface area contributed by atoms with Gasteiger partial charge in [-0.05, 0) is 47.5 Å². The molecule has 28 heavy (non-hydrogen) atoms. The first-order chi connectivity index (χ1) is 13.5. The van der Waals surface area contributed by atoms with Crippen molar-refractivity contribution in [2.45, 2.75) is 20.0 Å². The molecule has 0 amide bonds. The van der Waals surface area contributed by atoms with E-state index < -0.39 is 17.5 Å². The van der Waals surface area contributed by atoms with Gasteiger partial charge >= 0.3 is 0 Å². The van der Waals surface area contributed by atoms with Gasteiger partial charge in [-0.25, -0.2) is 18.2 Å². The molecule has 1 N–H and O–H groups in total. The number of thiazole rings is 1. The fourth-order valence-electron chi connectivity index (χ4n) is 2.75. The van der Waals surface area contributed by atoms with Crippen LogP contribution in [0.2, 0.25) is 0 Å². The van der Waals surface area contributed by atoms with Gasteiger partial charge in [0.15, 0.2) is 16.8 Å². The first kappa shape index (κ1) is 18.7. The van der Waals surface area contributed by atoms with Crippen LogP contribution >= 0.6 is 22.7 Å². The summed E-state index contributed by atoms with van der Waals surface area (Å²) >= 11 is 2.97. The smallest absolute Gasteiger partial charge is 0.183 e. The van der Waals surface area contributed by atoms with E-state index in [-0.39, 0.29) is 12.1 Å². The monoisotopic (exact) mass is 420 g/mol. The Labute approximate surface area is 167 Å². The lowest BCUT2D eigenvalue weighted by Gasteiger charge is -2.06. The van der Waals surface area contributed by atoms with Gasteiger partial charge in [0.05, 0.1) is 17.1 Å². The molecule has 0 aliphatic rings. The third-order valence-electron chi connectivity index (χ3n) is 4.15. The van der Waals surface area contributed by atoms with E-state index in [9.17, 15) is 13.2 Å². The summed E-state index contributed by atoms with van der Waals surface area (Å²) in [6, 6.07) is 5.64. The molecule has 0 unspecified atom stereocenters. The van der Waals surface area contributed by atoms with E-state index in [0.29, 0.717) is 11.7 Å². The first-order valence-electron chi connectivity index (χ1n) is 8.40. The molecular weight excluding hydrogens is 405 g/mol. The number of anilines is 1. The van der Waals surface area contributed by atoms with Crippen LogP contribution < -0.4 is 5.32 Å². The van der Waals surface area contributed by atoms with Gasteiger partial charge in [-0.3, -0.25) is 4.68 Å². The van der Waals surface area contributed by atoms with Crippen molar-refractivity contribution in [2.24, 2.45) is 0 Å². The maximum Gasteiger partial charge on any atom is 0.183 e. The van der Waals surface area contributed by atoms with E-state index in [4.69, 9.17) is 0 Å². The second-order valence-corrected chi connectivity index (χ2v) is 7.92. The Balaban J connectivity index is 1.50. The standard InChI is InChI=1S/C19H15F3N4S2/c1-11-18(16-4-6-26(25-16)9-12-5-7-27-10-12)28-19(24-11)23-8-13-14(20)2-3-15(21)17(13)22/h2-7,10H,8-9H2,1H3,(H,23,24). The number of thiophene rings is 1. The van der Waals surface area contributed by atoms with Crippen LogP contribution in [0.1, 0.15) is 16.8 Å². The van der Waals surface area contributed by atoms with Gasteiger partial charge in [-0.15, -0.1) is 0 Å². The van der Waals surface area contributed by atoms with Crippen molar-refractivity contribution in [3.05, 3.63) is 75.5 Å². The normalized spacial score (nSPS) is 11.1. The first-order valence-corrected chi connectivity index (χ1v) is 10.2. The van der Waals surface area contributed by atoms with Crippen molar-refractivity contribution in [1.29, 1.82) is 0 Å². The van der Waals surface area contributed by atoms with Crippen molar-refractivity contribution < 1.29 is 13.2 Å². The van der Waals surface area contributed by atoms with E-state index >= 15 is 0 Å². The average molecular weight is 420 g/mol. The molecular formula is C19H15F3N4S2. The van der Waals surface area contributed by atoms with Gasteiger partial charge in [0.1, 0.15) is 11.5 Å². The maximum atomic E-state index is 13.8. The van der Waals surface area contributed by atoms with Crippen molar-refractivity contribution in [2.75, 3.05) is 5.32 Å². The number of nitrogens with zero attached hydrogens (tertiary/aromatic N) is 3. The van der Waals surface area contributed by atoms with Gasteiger partial charge in [-0.1, -0.05) is 11.3 Å². The second-order valence-electron chi connectivity index (χ2n) is 6.14. The SMILES string of the molecule is Cc1nc(NCc2c(F)ccc(F)c2F)sc1-c1ccn(Cc2ccsc2)n1. The minimum absolute atomic E-state index is 0.200. The summed E-state index contributed by atoms with van der Waals surface area (Å²) in [5.41, 5.74) is 2.37. The lowest BCUT2D eigenvalue weighted by molar-refractivity contribution is 0.481. The van der Waals surface area contributed by atoms with Crippen LogP contribution in [0.5, 0.6) is 0 Å². The molecule has 0 fully saturated rings. The zero-order chi connectivity index (χ0) is 19.7. The Kier molecular flexibility index (Phi) is 5.19. The van der Waals surface area contributed by atoms with E-state index in [1.165, 1.54) is 16.9 Å². The summed E-state index contributed by atoms with van der Waals surface area (Å²) in [5.74, 6) is -3.06. The highest BCUT2D eigenvalue weighted by Crippen LogP contribution is 2.32. The van der Waals surface area contributed by atoms with E-state index in [1.54, 1.807) is 11.3 Å². The number of hydrogen-bond donors (Lipinski definition) is 1. The molecule has 4 nitrogen and oxygen atoms in total. The number of benzene rings is 1. The van der Waals surface area contributed by atoms with Gasteiger partial charge in [0.25, 0.3) is 0 Å². The van der Waals surface area contributed by atoms with Crippen LogP contribution in [0.15, 0.2) is 41.2 Å². The Bertz CT molecular complexity index is 1100. The molecule has 4 rings (SSSR count). The molecule has 4 aromatic rings. The molecule has 0 aliphatic heterocycles. The zero-order valence-corrected chi connectivity index (χ0v) is 16.4. The maximum absolute atomic E-state index is 13.8. The van der Waals surface area contributed by atoms with Crippen LogP contribution in [0.3, 0.4) is 0 Å².